The number of hydrogen-bond donors (Lipinski definition) is 2. The molecule has 4 nitrogen and oxygen atoms in total. The standard InChI is InChI=1S/C24H26BrN3O/c1-3-22(19-9-8-17-6-4-5-7-18(17)13-19)28-24(29)20(14-26)15-27-23-11-10-21(25)12-16(23)2/h8-13,15,22,27H,3-7H2,1-2H3,(H,28,29)/b20-15-. The Balaban J connectivity index is 1.72. The number of benzene rings is 2. The Morgan fingerprint density at radius 1 is 1.21 bits per heavy atom. The topological polar surface area (TPSA) is 64.9 Å². The molecule has 150 valence electrons. The zero-order chi connectivity index (χ0) is 20.8. The van der Waals surface area contributed by atoms with Crippen LogP contribution in [-0.2, 0) is 17.6 Å². The fourth-order valence-electron chi connectivity index (χ4n) is 3.71. The summed E-state index contributed by atoms with van der Waals surface area (Å²) >= 11 is 3.43. The number of aryl methyl sites for hydroxylation is 3. The number of carbonyl (C=O) groups is 1. The van der Waals surface area contributed by atoms with Gasteiger partial charge in [0.25, 0.3) is 5.91 Å². The molecule has 2 N–H and O–H groups in total. The maximum Gasteiger partial charge on any atom is 0.263 e. The number of rotatable bonds is 6. The van der Waals surface area contributed by atoms with Crippen LogP contribution in [0.4, 0.5) is 5.69 Å². The van der Waals surface area contributed by atoms with E-state index >= 15 is 0 Å². The molecule has 1 aliphatic carbocycles. The van der Waals surface area contributed by atoms with Crippen molar-refractivity contribution in [1.82, 2.24) is 5.32 Å². The molecular weight excluding hydrogens is 426 g/mol. The Hall–Kier alpha value is -2.58. The summed E-state index contributed by atoms with van der Waals surface area (Å²) in [7, 11) is 0. The molecule has 0 bridgehead atoms. The lowest BCUT2D eigenvalue weighted by Crippen LogP contribution is -2.29. The fourth-order valence-corrected chi connectivity index (χ4v) is 4.19. The minimum absolute atomic E-state index is 0.0590. The van der Waals surface area contributed by atoms with Crippen LogP contribution in [0.5, 0.6) is 0 Å². The smallest absolute Gasteiger partial charge is 0.263 e. The maximum atomic E-state index is 12.7. The van der Waals surface area contributed by atoms with E-state index in [2.05, 4.69) is 44.8 Å². The number of halogens is 1. The van der Waals surface area contributed by atoms with Gasteiger partial charge in [0.05, 0.1) is 6.04 Å². The number of nitrogens with one attached hydrogen (secondary N) is 2. The molecule has 1 unspecified atom stereocenters. The van der Waals surface area contributed by atoms with Crippen molar-refractivity contribution in [2.45, 2.75) is 52.0 Å². The average molecular weight is 452 g/mol. The van der Waals surface area contributed by atoms with Gasteiger partial charge in [-0.25, -0.2) is 0 Å². The lowest BCUT2D eigenvalue weighted by Gasteiger charge is -2.21. The Morgan fingerprint density at radius 3 is 2.66 bits per heavy atom. The van der Waals surface area contributed by atoms with E-state index in [1.54, 1.807) is 0 Å². The molecule has 0 aliphatic heterocycles. The van der Waals surface area contributed by atoms with Crippen molar-refractivity contribution < 1.29 is 4.79 Å². The maximum absolute atomic E-state index is 12.7. The van der Waals surface area contributed by atoms with E-state index in [-0.39, 0.29) is 17.5 Å². The fraction of sp³-hybridized carbons (Fsp3) is 0.333. The monoisotopic (exact) mass is 451 g/mol. The summed E-state index contributed by atoms with van der Waals surface area (Å²) in [5.41, 5.74) is 5.86. The van der Waals surface area contributed by atoms with Crippen LogP contribution in [0, 0.1) is 18.3 Å². The molecule has 1 amide bonds. The molecule has 1 aliphatic rings. The highest BCUT2D eigenvalue weighted by Gasteiger charge is 2.18. The molecule has 0 radical (unpaired) electrons. The Bertz CT molecular complexity index is 975. The summed E-state index contributed by atoms with van der Waals surface area (Å²) in [5.74, 6) is -0.362. The normalized spacial score (nSPS) is 14.5. The highest BCUT2D eigenvalue weighted by Crippen LogP contribution is 2.26. The quantitative estimate of drug-likeness (QED) is 0.435. The van der Waals surface area contributed by atoms with Gasteiger partial charge in [0.15, 0.2) is 0 Å². The predicted molar refractivity (Wildman–Crippen MR) is 120 cm³/mol. The number of amides is 1. The molecule has 0 spiro atoms. The van der Waals surface area contributed by atoms with Gasteiger partial charge in [-0.3, -0.25) is 4.79 Å². The van der Waals surface area contributed by atoms with Crippen molar-refractivity contribution in [3.63, 3.8) is 0 Å². The zero-order valence-corrected chi connectivity index (χ0v) is 18.5. The van der Waals surface area contributed by atoms with Gasteiger partial charge in [0, 0.05) is 16.4 Å². The first-order chi connectivity index (χ1) is 14.0. The molecule has 0 saturated carbocycles. The van der Waals surface area contributed by atoms with Crippen molar-refractivity contribution in [1.29, 1.82) is 5.26 Å². The molecular formula is C24H26BrN3O. The van der Waals surface area contributed by atoms with Crippen LogP contribution in [0.2, 0.25) is 0 Å². The van der Waals surface area contributed by atoms with Crippen molar-refractivity contribution in [2.24, 2.45) is 0 Å². The molecule has 0 aromatic heterocycles. The Kier molecular flexibility index (Phi) is 7.11. The van der Waals surface area contributed by atoms with E-state index in [9.17, 15) is 10.1 Å². The summed E-state index contributed by atoms with van der Waals surface area (Å²) < 4.78 is 0.985. The lowest BCUT2D eigenvalue weighted by atomic mass is 9.88. The van der Waals surface area contributed by atoms with E-state index < -0.39 is 0 Å². The van der Waals surface area contributed by atoms with Crippen LogP contribution in [0.25, 0.3) is 0 Å². The number of nitrogens with zero attached hydrogens (tertiary/aromatic N) is 1. The summed E-state index contributed by atoms with van der Waals surface area (Å²) in [5, 5.41) is 15.6. The van der Waals surface area contributed by atoms with Gasteiger partial charge < -0.3 is 10.6 Å². The third-order valence-electron chi connectivity index (χ3n) is 5.41. The van der Waals surface area contributed by atoms with Crippen LogP contribution in [0.15, 0.2) is 52.6 Å². The third-order valence-corrected chi connectivity index (χ3v) is 5.91. The highest BCUT2D eigenvalue weighted by molar-refractivity contribution is 9.10. The molecule has 1 atom stereocenters. The molecule has 0 fully saturated rings. The molecule has 3 rings (SSSR count). The van der Waals surface area contributed by atoms with E-state index in [1.807, 2.05) is 38.1 Å². The number of hydrogen-bond acceptors (Lipinski definition) is 3. The number of carbonyl (C=O) groups excluding carboxylic acids is 1. The van der Waals surface area contributed by atoms with Gasteiger partial charge in [-0.05, 0) is 79.5 Å². The van der Waals surface area contributed by atoms with E-state index in [1.165, 1.54) is 30.2 Å². The van der Waals surface area contributed by atoms with Crippen molar-refractivity contribution in [3.05, 3.63) is 74.9 Å². The van der Waals surface area contributed by atoms with Gasteiger partial charge in [-0.1, -0.05) is 41.1 Å². The lowest BCUT2D eigenvalue weighted by molar-refractivity contribution is -0.117. The largest absolute Gasteiger partial charge is 0.360 e. The summed E-state index contributed by atoms with van der Waals surface area (Å²) in [6, 6.07) is 14.2. The van der Waals surface area contributed by atoms with Gasteiger partial charge >= 0.3 is 0 Å². The highest BCUT2D eigenvalue weighted by atomic mass is 79.9. The molecule has 2 aromatic carbocycles. The zero-order valence-electron chi connectivity index (χ0n) is 16.9. The third kappa shape index (κ3) is 5.27. The summed E-state index contributed by atoms with van der Waals surface area (Å²) in [6.45, 7) is 4.01. The second-order valence-electron chi connectivity index (χ2n) is 7.44. The minimum atomic E-state index is -0.362. The molecule has 29 heavy (non-hydrogen) atoms. The van der Waals surface area contributed by atoms with Gasteiger partial charge in [-0.2, -0.15) is 5.26 Å². The summed E-state index contributed by atoms with van der Waals surface area (Å²) in [4.78, 5) is 12.7. The van der Waals surface area contributed by atoms with Crippen LogP contribution >= 0.6 is 15.9 Å². The van der Waals surface area contributed by atoms with Crippen LogP contribution in [0.1, 0.15) is 54.5 Å². The van der Waals surface area contributed by atoms with E-state index in [0.717, 1.165) is 40.5 Å². The van der Waals surface area contributed by atoms with Gasteiger partial charge in [-0.15, -0.1) is 0 Å². The molecule has 2 aromatic rings. The first-order valence-corrected chi connectivity index (χ1v) is 10.9. The Morgan fingerprint density at radius 2 is 1.97 bits per heavy atom. The number of anilines is 1. The van der Waals surface area contributed by atoms with Gasteiger partial charge in [0.1, 0.15) is 11.6 Å². The molecule has 0 saturated heterocycles. The summed E-state index contributed by atoms with van der Waals surface area (Å²) in [6.07, 6.45) is 6.96. The van der Waals surface area contributed by atoms with Gasteiger partial charge in [0.2, 0.25) is 0 Å². The number of fused-ring (bicyclic) bond motifs is 1. The van der Waals surface area contributed by atoms with Crippen LogP contribution in [0.3, 0.4) is 0 Å². The molecule has 5 heteroatoms. The second-order valence-corrected chi connectivity index (χ2v) is 8.36. The van der Waals surface area contributed by atoms with Crippen molar-refractivity contribution >= 4 is 27.5 Å². The molecule has 0 heterocycles. The van der Waals surface area contributed by atoms with Crippen molar-refractivity contribution in [2.75, 3.05) is 5.32 Å². The SMILES string of the molecule is CCC(NC(=O)/C(C#N)=C\Nc1ccc(Br)cc1C)c1ccc2c(c1)CCCC2. The van der Waals surface area contributed by atoms with Crippen LogP contribution in [-0.4, -0.2) is 5.91 Å². The van der Waals surface area contributed by atoms with E-state index in [0.29, 0.717) is 0 Å². The van der Waals surface area contributed by atoms with E-state index in [4.69, 9.17) is 0 Å². The Labute approximate surface area is 181 Å². The minimum Gasteiger partial charge on any atom is -0.360 e. The second kappa shape index (κ2) is 9.76. The first-order valence-electron chi connectivity index (χ1n) is 10.1. The predicted octanol–water partition coefficient (Wildman–Crippen LogP) is 5.72. The average Bonchev–Trinajstić information content (AvgIpc) is 2.73. The first kappa shape index (κ1) is 21.1. The van der Waals surface area contributed by atoms with Crippen LogP contribution < -0.4 is 10.6 Å². The number of nitriles is 1. The van der Waals surface area contributed by atoms with Crippen molar-refractivity contribution in [3.8, 4) is 6.07 Å².